The monoisotopic (exact) mass is 161 g/mol. The Bertz CT molecular complexity index is 185. The van der Waals surface area contributed by atoms with Crippen molar-refractivity contribution in [2.24, 2.45) is 0 Å². The van der Waals surface area contributed by atoms with Crippen LogP contribution >= 0.6 is 11.6 Å². The molecule has 5 nitrogen and oxygen atoms in total. The summed E-state index contributed by atoms with van der Waals surface area (Å²) in [5, 5.41) is 7.05. The summed E-state index contributed by atoms with van der Waals surface area (Å²) in [5.74, 6) is -0.600. The van der Waals surface area contributed by atoms with Crippen molar-refractivity contribution in [2.75, 3.05) is 0 Å². The zero-order valence-electron chi connectivity index (χ0n) is 4.85. The molecule has 0 fully saturated rings. The summed E-state index contributed by atoms with van der Waals surface area (Å²) < 4.78 is 0. The topological polar surface area (TPSA) is 82.0 Å². The van der Waals surface area contributed by atoms with Crippen LogP contribution in [-0.2, 0) is 4.79 Å². The minimum absolute atomic E-state index is 0.308. The van der Waals surface area contributed by atoms with E-state index in [4.69, 9.17) is 16.9 Å². The minimum Gasteiger partial charge on any atom is -0.272 e. The lowest BCUT2D eigenvalue weighted by atomic mass is 10.5. The molecule has 0 aromatic rings. The number of rotatable bonds is 1. The van der Waals surface area contributed by atoms with Crippen LogP contribution < -0.4 is 10.9 Å². The molecule has 10 heavy (non-hydrogen) atoms. The molecule has 0 aliphatic rings. The maximum atomic E-state index is 10.3. The summed E-state index contributed by atoms with van der Waals surface area (Å²) >= 11 is 4.77. The fourth-order valence-electron chi connectivity index (χ4n) is 0.235. The molecule has 0 heterocycles. The number of amides is 2. The van der Waals surface area contributed by atoms with Gasteiger partial charge in [-0.25, -0.2) is 0 Å². The zero-order chi connectivity index (χ0) is 7.98. The summed E-state index contributed by atoms with van der Waals surface area (Å²) in [7, 11) is 0. The van der Waals surface area contributed by atoms with E-state index in [0.29, 0.717) is 0 Å². The molecule has 0 bridgehead atoms. The maximum absolute atomic E-state index is 10.3. The molecule has 0 unspecified atom stereocenters. The number of hydrogen-bond donors (Lipinski definition) is 2. The van der Waals surface area contributed by atoms with E-state index in [-0.39, 0.29) is 6.42 Å². The highest BCUT2D eigenvalue weighted by molar-refractivity contribution is 6.62. The Morgan fingerprint density at radius 1 is 1.50 bits per heavy atom. The van der Waals surface area contributed by atoms with Crippen LogP contribution in [-0.4, -0.2) is 11.3 Å². The number of nitriles is 1. The van der Waals surface area contributed by atoms with Gasteiger partial charge >= 0.3 is 5.37 Å². The van der Waals surface area contributed by atoms with Crippen molar-refractivity contribution in [3.63, 3.8) is 0 Å². The van der Waals surface area contributed by atoms with E-state index in [1.807, 2.05) is 5.43 Å². The molecule has 0 aliphatic carbocycles. The summed E-state index contributed by atoms with van der Waals surface area (Å²) in [6.45, 7) is 0. The van der Waals surface area contributed by atoms with Crippen LogP contribution in [0.4, 0.5) is 4.79 Å². The van der Waals surface area contributed by atoms with Crippen molar-refractivity contribution in [1.82, 2.24) is 10.9 Å². The van der Waals surface area contributed by atoms with Crippen LogP contribution in [0.2, 0.25) is 0 Å². The lowest BCUT2D eigenvalue weighted by Crippen LogP contribution is -2.38. The first-order valence-corrected chi connectivity index (χ1v) is 2.66. The third-order valence-electron chi connectivity index (χ3n) is 0.540. The Kier molecular flexibility index (Phi) is 4.00. The predicted molar refractivity (Wildman–Crippen MR) is 32.8 cm³/mol. The number of nitrogens with one attached hydrogen (secondary N) is 2. The number of nitrogens with zero attached hydrogens (tertiary/aromatic N) is 1. The van der Waals surface area contributed by atoms with Crippen LogP contribution in [0.25, 0.3) is 0 Å². The fraction of sp³-hybridized carbons (Fsp3) is 0.250. The number of halogens is 1. The fourth-order valence-corrected chi connectivity index (χ4v) is 0.282. The SMILES string of the molecule is N#CCC(=O)NNC(=O)Cl. The average molecular weight is 162 g/mol. The standard InChI is InChI=1S/C4H4ClN3O2/c5-4(10)8-7-3(9)1-2-6/h1H2,(H,7,9)(H,8,10). The molecule has 6 heteroatoms. The van der Waals surface area contributed by atoms with Gasteiger partial charge in [-0.15, -0.1) is 0 Å². The quantitative estimate of drug-likeness (QED) is 0.320. The van der Waals surface area contributed by atoms with Gasteiger partial charge in [0.25, 0.3) is 5.91 Å². The molecular weight excluding hydrogens is 158 g/mol. The van der Waals surface area contributed by atoms with Gasteiger partial charge in [0.15, 0.2) is 0 Å². The van der Waals surface area contributed by atoms with Crippen molar-refractivity contribution < 1.29 is 9.59 Å². The second-order valence-corrected chi connectivity index (χ2v) is 1.63. The van der Waals surface area contributed by atoms with E-state index in [1.54, 1.807) is 11.5 Å². The summed E-state index contributed by atoms with van der Waals surface area (Å²) in [6, 6.07) is 1.58. The summed E-state index contributed by atoms with van der Waals surface area (Å²) in [6.07, 6.45) is -0.308. The molecule has 0 aliphatic heterocycles. The van der Waals surface area contributed by atoms with Gasteiger partial charge in [0, 0.05) is 0 Å². The first-order chi connectivity index (χ1) is 4.66. The van der Waals surface area contributed by atoms with Gasteiger partial charge < -0.3 is 0 Å². The Hall–Kier alpha value is -1.28. The predicted octanol–water partition coefficient (Wildman–Crippen LogP) is -0.120. The Morgan fingerprint density at radius 3 is 2.50 bits per heavy atom. The van der Waals surface area contributed by atoms with Crippen molar-refractivity contribution in [3.8, 4) is 6.07 Å². The second kappa shape index (κ2) is 4.58. The Morgan fingerprint density at radius 2 is 2.10 bits per heavy atom. The molecule has 0 rings (SSSR count). The van der Waals surface area contributed by atoms with Gasteiger partial charge in [-0.1, -0.05) is 0 Å². The number of carbonyl (C=O) groups is 2. The second-order valence-electron chi connectivity index (χ2n) is 1.28. The van der Waals surface area contributed by atoms with Gasteiger partial charge in [0.05, 0.1) is 6.07 Å². The number of hydrazine groups is 1. The van der Waals surface area contributed by atoms with Gasteiger partial charge in [-0.05, 0) is 11.6 Å². The van der Waals surface area contributed by atoms with Crippen LogP contribution in [0, 0.1) is 11.3 Å². The highest BCUT2D eigenvalue weighted by Gasteiger charge is 1.98. The Labute approximate surface area is 61.9 Å². The molecule has 0 atom stereocenters. The third kappa shape index (κ3) is 4.87. The lowest BCUT2D eigenvalue weighted by Gasteiger charge is -1.98. The molecule has 0 saturated heterocycles. The van der Waals surface area contributed by atoms with Gasteiger partial charge in [-0.3, -0.25) is 20.4 Å². The van der Waals surface area contributed by atoms with E-state index < -0.39 is 11.3 Å². The lowest BCUT2D eigenvalue weighted by molar-refractivity contribution is -0.120. The van der Waals surface area contributed by atoms with Gasteiger partial charge in [0.1, 0.15) is 6.42 Å². The third-order valence-corrected chi connectivity index (χ3v) is 0.634. The molecule has 2 N–H and O–H groups in total. The molecule has 0 aromatic heterocycles. The first-order valence-electron chi connectivity index (χ1n) is 2.28. The van der Waals surface area contributed by atoms with Crippen LogP contribution in [0.1, 0.15) is 6.42 Å². The smallest absolute Gasteiger partial charge is 0.272 e. The van der Waals surface area contributed by atoms with Crippen LogP contribution in [0.5, 0.6) is 0 Å². The van der Waals surface area contributed by atoms with E-state index >= 15 is 0 Å². The van der Waals surface area contributed by atoms with Crippen molar-refractivity contribution in [3.05, 3.63) is 0 Å². The van der Waals surface area contributed by atoms with Crippen molar-refractivity contribution in [1.29, 1.82) is 5.26 Å². The van der Waals surface area contributed by atoms with Crippen molar-refractivity contribution >= 4 is 22.9 Å². The summed E-state index contributed by atoms with van der Waals surface area (Å²) in [4.78, 5) is 20.2. The van der Waals surface area contributed by atoms with E-state index in [0.717, 1.165) is 0 Å². The van der Waals surface area contributed by atoms with Crippen LogP contribution in [0.15, 0.2) is 0 Å². The normalized spacial score (nSPS) is 7.60. The van der Waals surface area contributed by atoms with Gasteiger partial charge in [0.2, 0.25) is 0 Å². The number of carbonyl (C=O) groups excluding carboxylic acids is 2. The van der Waals surface area contributed by atoms with E-state index in [2.05, 4.69) is 0 Å². The number of hydrogen-bond acceptors (Lipinski definition) is 3. The molecule has 54 valence electrons. The van der Waals surface area contributed by atoms with Crippen LogP contribution in [0.3, 0.4) is 0 Å². The summed E-state index contributed by atoms with van der Waals surface area (Å²) in [5.41, 5.74) is 3.70. The van der Waals surface area contributed by atoms with E-state index in [9.17, 15) is 9.59 Å². The molecule has 0 aromatic carbocycles. The highest BCUT2D eigenvalue weighted by Crippen LogP contribution is 1.75. The van der Waals surface area contributed by atoms with Gasteiger partial charge in [-0.2, -0.15) is 5.26 Å². The molecule has 2 amide bonds. The average Bonchev–Trinajstić information content (AvgIpc) is 1.85. The first kappa shape index (κ1) is 8.72. The zero-order valence-corrected chi connectivity index (χ0v) is 5.60. The molecular formula is C4H4ClN3O2. The Balaban J connectivity index is 3.42. The van der Waals surface area contributed by atoms with Crippen molar-refractivity contribution in [2.45, 2.75) is 6.42 Å². The minimum atomic E-state index is -0.897. The largest absolute Gasteiger partial charge is 0.332 e. The molecule has 0 radical (unpaired) electrons. The highest BCUT2D eigenvalue weighted by atomic mass is 35.5. The molecule has 0 spiro atoms. The maximum Gasteiger partial charge on any atom is 0.332 e. The molecule has 0 saturated carbocycles. The van der Waals surface area contributed by atoms with E-state index in [1.165, 1.54) is 0 Å².